The van der Waals surface area contributed by atoms with Crippen LogP contribution in [0.3, 0.4) is 0 Å². The maximum Gasteiger partial charge on any atom is 2.00 e. The summed E-state index contributed by atoms with van der Waals surface area (Å²) in [5.74, 6) is -2.17. The fraction of sp³-hybridized carbons (Fsp3) is 0.500. The zero-order valence-corrected chi connectivity index (χ0v) is 12.4. The van der Waals surface area contributed by atoms with Crippen LogP contribution in [0.5, 0.6) is 0 Å². The van der Waals surface area contributed by atoms with E-state index >= 15 is 0 Å². The van der Waals surface area contributed by atoms with E-state index in [4.69, 9.17) is 19.8 Å². The summed E-state index contributed by atoms with van der Waals surface area (Å²) >= 11 is 0. The van der Waals surface area contributed by atoms with Crippen molar-refractivity contribution in [2.75, 3.05) is 0 Å². The Morgan fingerprint density at radius 3 is 1.00 bits per heavy atom. The van der Waals surface area contributed by atoms with Crippen LogP contribution in [0.4, 0.5) is 0 Å². The van der Waals surface area contributed by atoms with Crippen LogP contribution in [-0.2, 0) is 29.1 Å². The van der Waals surface area contributed by atoms with Gasteiger partial charge in [-0.05, 0) is 13.8 Å². The van der Waals surface area contributed by atoms with Gasteiger partial charge in [-0.3, -0.25) is 0 Å². The summed E-state index contributed by atoms with van der Waals surface area (Å²) in [6.07, 6.45) is 0. The Morgan fingerprint density at radius 1 is 1.00 bits per heavy atom. The first-order valence-electron chi connectivity index (χ1n) is 1.82. The third kappa shape index (κ3) is 430. The van der Waals surface area contributed by atoms with Gasteiger partial charge in [0.25, 0.3) is 0 Å². The van der Waals surface area contributed by atoms with Crippen molar-refractivity contribution in [3.63, 3.8) is 0 Å². The first-order valence-corrected chi connectivity index (χ1v) is 1.82. The molecule has 0 spiro atoms. The Bertz CT molecular complexity index is 75.3. The van der Waals surface area contributed by atoms with Crippen molar-refractivity contribution >= 4 is 11.9 Å². The van der Waals surface area contributed by atoms with E-state index < -0.39 is 11.9 Å². The summed E-state index contributed by atoms with van der Waals surface area (Å²) in [4.78, 5) is 17.8. The van der Waals surface area contributed by atoms with Gasteiger partial charge in [0.2, 0.25) is 0 Å². The summed E-state index contributed by atoms with van der Waals surface area (Å²) in [5, 5.41) is 17.8. The van der Waals surface area contributed by atoms with E-state index in [9.17, 15) is 0 Å². The molecule has 0 aliphatic rings. The van der Waals surface area contributed by atoms with Gasteiger partial charge in [-0.1, -0.05) is 0 Å². The number of carbonyl (C=O) groups excluding carboxylic acids is 2. The second-order valence-electron chi connectivity index (χ2n) is 0.983. The predicted octanol–water partition coefficient (Wildman–Crippen LogP) is -5.49. The number of carboxylic acid groups (broad SMARTS) is 2. The van der Waals surface area contributed by atoms with Gasteiger partial charge in [0.05, 0.1) is 0 Å². The van der Waals surface area contributed by atoms with Crippen LogP contribution in [0.25, 0.3) is 0 Å². The summed E-state index contributed by atoms with van der Waals surface area (Å²) in [6, 6.07) is 0. The van der Waals surface area contributed by atoms with E-state index in [2.05, 4.69) is 0 Å². The van der Waals surface area contributed by atoms with E-state index in [1.54, 1.807) is 0 Å². The molecular formula is C4H6KO4Zn+. The molecule has 0 fully saturated rings. The van der Waals surface area contributed by atoms with Gasteiger partial charge < -0.3 is 19.8 Å². The first kappa shape index (κ1) is 22.5. The standard InChI is InChI=1S/2C2H4O2.K.Zn/c2*1-2(3)4;;/h2*1H3,(H,3,4);;/q;;+1;+2/p-2. The molecule has 6 heteroatoms. The van der Waals surface area contributed by atoms with Gasteiger partial charge in [-0.15, -0.1) is 0 Å². The Hall–Kier alpha value is 1.20. The van der Waals surface area contributed by atoms with E-state index in [0.29, 0.717) is 0 Å². The van der Waals surface area contributed by atoms with Crippen LogP contribution in [-0.4, -0.2) is 11.9 Å². The predicted molar refractivity (Wildman–Crippen MR) is 21.4 cm³/mol. The Balaban J connectivity index is -0.0000000300. The molecule has 0 aromatic heterocycles. The SMILES string of the molecule is CC(=O)[O-].CC(=O)[O-].[K+].[Zn+2]. The molecule has 0 amide bonds. The quantitative estimate of drug-likeness (QED) is 0.383. The molecule has 0 atom stereocenters. The molecule has 0 bridgehead atoms. The summed E-state index contributed by atoms with van der Waals surface area (Å²) in [6.45, 7) is 1.94. The third-order valence-corrected chi connectivity index (χ3v) is 0. The molecule has 10 heavy (non-hydrogen) atoms. The van der Waals surface area contributed by atoms with Crippen molar-refractivity contribution in [1.29, 1.82) is 0 Å². The number of hydrogen-bond acceptors (Lipinski definition) is 4. The number of carbonyl (C=O) groups is 2. The second kappa shape index (κ2) is 16.7. The maximum absolute atomic E-state index is 8.89. The summed E-state index contributed by atoms with van der Waals surface area (Å²) < 4.78 is 0. The van der Waals surface area contributed by atoms with Crippen molar-refractivity contribution in [2.24, 2.45) is 0 Å². The number of hydrogen-bond donors (Lipinski definition) is 0. The smallest absolute Gasteiger partial charge is 0.550 e. The van der Waals surface area contributed by atoms with Gasteiger partial charge in [-0.25, -0.2) is 0 Å². The Kier molecular flexibility index (Phi) is 37.4. The maximum atomic E-state index is 8.89. The molecule has 0 aromatic carbocycles. The molecule has 4 nitrogen and oxygen atoms in total. The first-order chi connectivity index (χ1) is 3.46. The summed E-state index contributed by atoms with van der Waals surface area (Å²) in [5.41, 5.74) is 0. The van der Waals surface area contributed by atoms with Crippen molar-refractivity contribution in [3.05, 3.63) is 0 Å². The minimum absolute atomic E-state index is 0. The topological polar surface area (TPSA) is 80.3 Å². The van der Waals surface area contributed by atoms with Crippen LogP contribution < -0.4 is 61.6 Å². The van der Waals surface area contributed by atoms with E-state index in [0.717, 1.165) is 13.8 Å². The normalized spacial score (nSPS) is 5.00. The van der Waals surface area contributed by atoms with Gasteiger partial charge >= 0.3 is 70.9 Å². The van der Waals surface area contributed by atoms with Crippen molar-refractivity contribution in [1.82, 2.24) is 0 Å². The fourth-order valence-electron chi connectivity index (χ4n) is 0. The molecule has 0 rings (SSSR count). The van der Waals surface area contributed by atoms with Crippen LogP contribution in [0, 0.1) is 0 Å². The zero-order valence-electron chi connectivity index (χ0n) is 6.34. The molecule has 0 aliphatic carbocycles. The number of carboxylic acids is 2. The number of rotatable bonds is 0. The molecule has 0 saturated heterocycles. The van der Waals surface area contributed by atoms with E-state index in [1.807, 2.05) is 0 Å². The zero-order chi connectivity index (χ0) is 7.15. The molecule has 0 aromatic rings. The molecule has 0 N–H and O–H groups in total. The summed E-state index contributed by atoms with van der Waals surface area (Å²) in [7, 11) is 0. The molecule has 0 unspecified atom stereocenters. The van der Waals surface area contributed by atoms with Crippen molar-refractivity contribution in [3.8, 4) is 0 Å². The van der Waals surface area contributed by atoms with E-state index in [-0.39, 0.29) is 70.9 Å². The largest absolute Gasteiger partial charge is 2.00 e. The van der Waals surface area contributed by atoms with Crippen LogP contribution in [0.2, 0.25) is 0 Å². The third-order valence-electron chi connectivity index (χ3n) is 0. The monoisotopic (exact) mass is 221 g/mol. The molecule has 0 radical (unpaired) electrons. The minimum Gasteiger partial charge on any atom is -0.550 e. The second-order valence-corrected chi connectivity index (χ2v) is 0.983. The van der Waals surface area contributed by atoms with Crippen molar-refractivity contribution in [2.45, 2.75) is 13.8 Å². The van der Waals surface area contributed by atoms with Gasteiger partial charge in [-0.2, -0.15) is 0 Å². The van der Waals surface area contributed by atoms with Crippen LogP contribution in [0.15, 0.2) is 0 Å². The van der Waals surface area contributed by atoms with E-state index in [1.165, 1.54) is 0 Å². The molecule has 0 heterocycles. The fourth-order valence-corrected chi connectivity index (χ4v) is 0. The number of aliphatic carboxylic acids is 2. The molecular weight excluding hydrogens is 217 g/mol. The van der Waals surface area contributed by atoms with Crippen molar-refractivity contribution < 1.29 is 90.7 Å². The van der Waals surface area contributed by atoms with Gasteiger partial charge in [0.15, 0.2) is 0 Å². The average molecular weight is 223 g/mol. The minimum atomic E-state index is -1.08. The molecule has 48 valence electrons. The van der Waals surface area contributed by atoms with Crippen LogP contribution >= 0.6 is 0 Å². The van der Waals surface area contributed by atoms with Crippen LogP contribution in [0.1, 0.15) is 13.8 Å². The van der Waals surface area contributed by atoms with Gasteiger partial charge in [0, 0.05) is 11.9 Å². The average Bonchev–Trinajstić information content (AvgIpc) is 1.25. The molecule has 0 aliphatic heterocycles. The Morgan fingerprint density at radius 2 is 1.00 bits per heavy atom. The Labute approximate surface area is 115 Å². The van der Waals surface area contributed by atoms with Gasteiger partial charge in [0.1, 0.15) is 0 Å². The molecule has 0 saturated carbocycles.